The van der Waals surface area contributed by atoms with Crippen molar-refractivity contribution in [2.45, 2.75) is 56.3 Å². The zero-order valence-electron chi connectivity index (χ0n) is 17.9. The van der Waals surface area contributed by atoms with Crippen LogP contribution in [0.3, 0.4) is 0 Å². The Morgan fingerprint density at radius 2 is 1.94 bits per heavy atom. The molecule has 0 unspecified atom stereocenters. The molecule has 1 saturated heterocycles. The second-order valence-electron chi connectivity index (χ2n) is 8.78. The van der Waals surface area contributed by atoms with Gasteiger partial charge in [-0.15, -0.1) is 0 Å². The zero-order chi connectivity index (χ0) is 21.8. The number of aromatic nitrogens is 2. The fourth-order valence-corrected chi connectivity index (χ4v) is 4.47. The van der Waals surface area contributed by atoms with E-state index in [1.807, 2.05) is 12.1 Å². The number of nitrogens with zero attached hydrogens (tertiary/aromatic N) is 3. The van der Waals surface area contributed by atoms with Crippen molar-refractivity contribution in [2.24, 2.45) is 0 Å². The Labute approximate surface area is 187 Å². The Morgan fingerprint density at radius 3 is 2.58 bits per heavy atom. The van der Waals surface area contributed by atoms with Gasteiger partial charge in [-0.05, 0) is 63.8 Å². The normalized spacial score (nSPS) is 25.4. The van der Waals surface area contributed by atoms with Crippen molar-refractivity contribution in [1.29, 1.82) is 0 Å². The summed E-state index contributed by atoms with van der Waals surface area (Å²) in [4.78, 5) is 11.1. The maximum absolute atomic E-state index is 14.3. The molecule has 0 radical (unpaired) electrons. The van der Waals surface area contributed by atoms with Gasteiger partial charge in [-0.2, -0.15) is 0 Å². The van der Waals surface area contributed by atoms with Crippen molar-refractivity contribution in [3.63, 3.8) is 0 Å². The summed E-state index contributed by atoms with van der Waals surface area (Å²) in [7, 11) is 2.13. The summed E-state index contributed by atoms with van der Waals surface area (Å²) in [5, 5.41) is 13.1. The summed E-state index contributed by atoms with van der Waals surface area (Å²) in [6.07, 6.45) is 7.71. The van der Waals surface area contributed by atoms with Gasteiger partial charge in [0.05, 0.1) is 18.5 Å². The summed E-state index contributed by atoms with van der Waals surface area (Å²) < 4.78 is 20.4. The number of aliphatic hydroxyl groups excluding tert-OH is 1. The van der Waals surface area contributed by atoms with Gasteiger partial charge in [-0.1, -0.05) is 11.6 Å². The summed E-state index contributed by atoms with van der Waals surface area (Å²) in [6, 6.07) is 5.77. The second-order valence-corrected chi connectivity index (χ2v) is 9.17. The largest absolute Gasteiger partial charge is 0.489 e. The molecule has 0 bridgehead atoms. The number of piperidine rings is 1. The summed E-state index contributed by atoms with van der Waals surface area (Å²) in [5.74, 6) is 0.769. The molecule has 0 amide bonds. The van der Waals surface area contributed by atoms with Crippen LogP contribution in [0, 0.1) is 0 Å². The van der Waals surface area contributed by atoms with Crippen LogP contribution in [0.5, 0.6) is 5.75 Å². The van der Waals surface area contributed by atoms with Crippen LogP contribution in [-0.2, 0) is 0 Å². The Hall–Kier alpha value is -1.96. The molecule has 2 aromatic rings. The molecule has 31 heavy (non-hydrogen) atoms. The third kappa shape index (κ3) is 5.64. The molecule has 168 valence electrons. The third-order valence-corrected chi connectivity index (χ3v) is 6.58. The van der Waals surface area contributed by atoms with Crippen molar-refractivity contribution in [1.82, 2.24) is 14.9 Å². The minimum atomic E-state index is -1.46. The van der Waals surface area contributed by atoms with Crippen LogP contribution in [0.15, 0.2) is 30.6 Å². The molecule has 1 aliphatic heterocycles. The summed E-state index contributed by atoms with van der Waals surface area (Å²) in [5.41, 5.74) is 0.988. The minimum absolute atomic E-state index is 0.111. The van der Waals surface area contributed by atoms with Gasteiger partial charge in [-0.25, -0.2) is 9.37 Å². The highest BCUT2D eigenvalue weighted by molar-refractivity contribution is 6.29. The van der Waals surface area contributed by atoms with Crippen molar-refractivity contribution in [2.75, 3.05) is 32.1 Å². The average molecular weight is 449 g/mol. The monoisotopic (exact) mass is 448 g/mol. The summed E-state index contributed by atoms with van der Waals surface area (Å²) in [6.45, 7) is 1.68. The lowest BCUT2D eigenvalue weighted by atomic mass is 9.84. The number of halogens is 2. The van der Waals surface area contributed by atoms with Gasteiger partial charge in [0.2, 0.25) is 0 Å². The Kier molecular flexibility index (Phi) is 6.94. The maximum Gasteiger partial charge on any atom is 0.138 e. The molecule has 0 atom stereocenters. The van der Waals surface area contributed by atoms with E-state index < -0.39 is 12.3 Å². The van der Waals surface area contributed by atoms with Crippen molar-refractivity contribution < 1.29 is 14.2 Å². The number of alkyl halides is 1. The smallest absolute Gasteiger partial charge is 0.138 e. The van der Waals surface area contributed by atoms with Crippen LogP contribution in [0.25, 0.3) is 11.3 Å². The van der Waals surface area contributed by atoms with E-state index in [1.54, 1.807) is 18.5 Å². The highest BCUT2D eigenvalue weighted by Gasteiger charge is 2.34. The first-order chi connectivity index (χ1) is 14.9. The molecule has 6 nitrogen and oxygen atoms in total. The minimum Gasteiger partial charge on any atom is -0.489 e. The van der Waals surface area contributed by atoms with E-state index in [4.69, 9.17) is 16.3 Å². The van der Waals surface area contributed by atoms with Gasteiger partial charge >= 0.3 is 0 Å². The molecule has 2 N–H and O–H groups in total. The number of hydrogen-bond acceptors (Lipinski definition) is 6. The molecule has 1 aliphatic carbocycles. The predicted octanol–water partition coefficient (Wildman–Crippen LogP) is 4.33. The average Bonchev–Trinajstić information content (AvgIpc) is 2.78. The number of rotatable bonds is 6. The van der Waals surface area contributed by atoms with E-state index in [0.29, 0.717) is 30.8 Å². The standard InChI is InChI=1S/C23H30ClFN4O2/c1-29-10-6-17(7-11-29)31-18-2-3-20(26-13-18)19-14-27-22(24)12-21(19)28-16-4-8-23(25,15-30)9-5-16/h2-3,12-14,16-17,30H,4-11,15H2,1H3,(H,27,28). The number of likely N-dealkylation sites (tertiary alicyclic amines) is 1. The van der Waals surface area contributed by atoms with Crippen LogP contribution < -0.4 is 10.1 Å². The first-order valence-electron chi connectivity index (χ1n) is 11.0. The van der Waals surface area contributed by atoms with Gasteiger partial charge in [0.1, 0.15) is 22.7 Å². The van der Waals surface area contributed by atoms with Crippen LogP contribution in [-0.4, -0.2) is 64.5 Å². The summed E-state index contributed by atoms with van der Waals surface area (Å²) >= 11 is 6.15. The fraction of sp³-hybridized carbons (Fsp3) is 0.565. The first-order valence-corrected chi connectivity index (χ1v) is 11.4. The Morgan fingerprint density at radius 1 is 1.19 bits per heavy atom. The molecule has 1 saturated carbocycles. The molecular weight excluding hydrogens is 419 g/mol. The van der Waals surface area contributed by atoms with Crippen LogP contribution in [0.1, 0.15) is 38.5 Å². The SMILES string of the molecule is CN1CCC(Oc2ccc(-c3cnc(Cl)cc3NC3CCC(F)(CO)CC3)nc2)CC1. The molecule has 3 heterocycles. The van der Waals surface area contributed by atoms with Gasteiger partial charge in [0, 0.05) is 36.6 Å². The van der Waals surface area contributed by atoms with E-state index in [9.17, 15) is 9.50 Å². The quantitative estimate of drug-likeness (QED) is 0.641. The molecule has 8 heteroatoms. The number of hydrogen-bond donors (Lipinski definition) is 2. The Balaban J connectivity index is 1.44. The first kappa shape index (κ1) is 22.2. The van der Waals surface area contributed by atoms with Crippen LogP contribution in [0.2, 0.25) is 5.15 Å². The van der Waals surface area contributed by atoms with Crippen LogP contribution >= 0.6 is 11.6 Å². The van der Waals surface area contributed by atoms with E-state index in [-0.39, 0.29) is 12.1 Å². The third-order valence-electron chi connectivity index (χ3n) is 6.38. The van der Waals surface area contributed by atoms with Gasteiger partial charge in [-0.3, -0.25) is 4.98 Å². The van der Waals surface area contributed by atoms with E-state index in [2.05, 4.69) is 27.2 Å². The van der Waals surface area contributed by atoms with E-state index in [1.165, 1.54) is 0 Å². The van der Waals surface area contributed by atoms with E-state index in [0.717, 1.165) is 48.6 Å². The van der Waals surface area contributed by atoms with E-state index >= 15 is 0 Å². The molecule has 2 aromatic heterocycles. The lowest BCUT2D eigenvalue weighted by molar-refractivity contribution is 0.0337. The zero-order valence-corrected chi connectivity index (χ0v) is 18.6. The topological polar surface area (TPSA) is 70.5 Å². The number of ether oxygens (including phenoxy) is 1. The lowest BCUT2D eigenvalue weighted by Gasteiger charge is -2.33. The number of anilines is 1. The highest BCUT2D eigenvalue weighted by atomic mass is 35.5. The fourth-order valence-electron chi connectivity index (χ4n) is 4.32. The highest BCUT2D eigenvalue weighted by Crippen LogP contribution is 2.35. The van der Waals surface area contributed by atoms with Crippen molar-refractivity contribution in [3.05, 3.63) is 35.7 Å². The van der Waals surface area contributed by atoms with Crippen molar-refractivity contribution in [3.8, 4) is 17.0 Å². The lowest BCUT2D eigenvalue weighted by Crippen LogP contribution is -2.37. The predicted molar refractivity (Wildman–Crippen MR) is 120 cm³/mol. The number of aliphatic hydroxyl groups is 1. The number of nitrogens with one attached hydrogen (secondary N) is 1. The molecule has 0 spiro atoms. The molecule has 0 aromatic carbocycles. The van der Waals surface area contributed by atoms with Gasteiger partial charge in [0.15, 0.2) is 0 Å². The van der Waals surface area contributed by atoms with Crippen LogP contribution in [0.4, 0.5) is 10.1 Å². The van der Waals surface area contributed by atoms with Crippen molar-refractivity contribution >= 4 is 17.3 Å². The van der Waals surface area contributed by atoms with Gasteiger partial charge in [0.25, 0.3) is 0 Å². The molecule has 2 fully saturated rings. The van der Waals surface area contributed by atoms with Gasteiger partial charge < -0.3 is 20.1 Å². The maximum atomic E-state index is 14.3. The number of pyridine rings is 2. The Bertz CT molecular complexity index is 866. The molecular formula is C23H30ClFN4O2. The molecule has 2 aliphatic rings. The molecule has 4 rings (SSSR count). The second kappa shape index (κ2) is 9.67.